The standard InChI is InChI=1S/C13H18ClNO/c1-13(2,3)15-9-8-12(16-15)10-4-6-11(14)7-5-10/h4-7,12H,8-9H2,1-3H3. The summed E-state index contributed by atoms with van der Waals surface area (Å²) < 4.78 is 0. The van der Waals surface area contributed by atoms with Crippen LogP contribution in [0.2, 0.25) is 5.02 Å². The van der Waals surface area contributed by atoms with Gasteiger partial charge in [-0.3, -0.25) is 4.84 Å². The second kappa shape index (κ2) is 4.36. The average Bonchev–Trinajstić information content (AvgIpc) is 2.67. The maximum absolute atomic E-state index is 5.94. The molecule has 1 aromatic carbocycles. The quantitative estimate of drug-likeness (QED) is 0.739. The average molecular weight is 240 g/mol. The van der Waals surface area contributed by atoms with E-state index in [1.165, 1.54) is 5.56 Å². The lowest BCUT2D eigenvalue weighted by Gasteiger charge is -2.30. The molecule has 2 rings (SSSR count). The first-order chi connectivity index (χ1) is 7.47. The van der Waals surface area contributed by atoms with Gasteiger partial charge in [-0.2, -0.15) is 5.06 Å². The molecule has 0 N–H and O–H groups in total. The highest BCUT2D eigenvalue weighted by molar-refractivity contribution is 6.30. The minimum atomic E-state index is 0.0706. The summed E-state index contributed by atoms with van der Waals surface area (Å²) in [7, 11) is 0. The van der Waals surface area contributed by atoms with Crippen molar-refractivity contribution < 1.29 is 4.84 Å². The smallest absolute Gasteiger partial charge is 0.106 e. The largest absolute Gasteiger partial charge is 0.290 e. The summed E-state index contributed by atoms with van der Waals surface area (Å²) in [5.41, 5.74) is 1.28. The molecule has 1 aliphatic rings. The van der Waals surface area contributed by atoms with Crippen molar-refractivity contribution in [1.82, 2.24) is 5.06 Å². The van der Waals surface area contributed by atoms with E-state index in [1.807, 2.05) is 24.3 Å². The van der Waals surface area contributed by atoms with Gasteiger partial charge in [0.05, 0.1) is 0 Å². The summed E-state index contributed by atoms with van der Waals surface area (Å²) in [6.45, 7) is 7.47. The van der Waals surface area contributed by atoms with Crippen LogP contribution in [0.3, 0.4) is 0 Å². The van der Waals surface area contributed by atoms with E-state index in [0.29, 0.717) is 0 Å². The van der Waals surface area contributed by atoms with Gasteiger partial charge in [0.25, 0.3) is 0 Å². The summed E-state index contributed by atoms with van der Waals surface area (Å²) in [5, 5.41) is 2.83. The van der Waals surface area contributed by atoms with Crippen LogP contribution in [0.4, 0.5) is 0 Å². The summed E-state index contributed by atoms with van der Waals surface area (Å²) in [6, 6.07) is 7.91. The van der Waals surface area contributed by atoms with Gasteiger partial charge in [-0.25, -0.2) is 0 Å². The van der Waals surface area contributed by atoms with Crippen molar-refractivity contribution in [2.45, 2.75) is 38.8 Å². The fourth-order valence-electron chi connectivity index (χ4n) is 1.89. The molecule has 1 fully saturated rings. The Labute approximate surface area is 102 Å². The van der Waals surface area contributed by atoms with Gasteiger partial charge >= 0.3 is 0 Å². The molecule has 0 radical (unpaired) electrons. The predicted molar refractivity (Wildman–Crippen MR) is 66.4 cm³/mol. The van der Waals surface area contributed by atoms with E-state index in [0.717, 1.165) is 18.0 Å². The lowest BCUT2D eigenvalue weighted by atomic mass is 10.1. The first-order valence-electron chi connectivity index (χ1n) is 5.67. The van der Waals surface area contributed by atoms with E-state index < -0.39 is 0 Å². The molecule has 0 amide bonds. The van der Waals surface area contributed by atoms with Crippen LogP contribution in [-0.2, 0) is 4.84 Å². The summed E-state index contributed by atoms with van der Waals surface area (Å²) in [5.74, 6) is 0. The SMILES string of the molecule is CC(C)(C)N1CCC(c2ccc(Cl)cc2)O1. The highest BCUT2D eigenvalue weighted by Crippen LogP contribution is 2.33. The molecule has 0 bridgehead atoms. The molecular weight excluding hydrogens is 222 g/mol. The molecule has 1 heterocycles. The summed E-state index contributed by atoms with van der Waals surface area (Å²) in [6.07, 6.45) is 1.22. The third kappa shape index (κ3) is 2.57. The Balaban J connectivity index is 2.06. The van der Waals surface area contributed by atoms with Gasteiger partial charge in [-0.05, 0) is 44.9 Å². The van der Waals surface area contributed by atoms with Crippen molar-refractivity contribution in [1.29, 1.82) is 0 Å². The number of rotatable bonds is 1. The first kappa shape index (κ1) is 11.9. The van der Waals surface area contributed by atoms with Gasteiger partial charge in [0.2, 0.25) is 0 Å². The summed E-state index contributed by atoms with van der Waals surface area (Å²) >= 11 is 5.87. The predicted octanol–water partition coefficient (Wildman–Crippen LogP) is 3.82. The van der Waals surface area contributed by atoms with Crippen LogP contribution in [0.5, 0.6) is 0 Å². The third-order valence-corrected chi connectivity index (χ3v) is 3.09. The second-order valence-electron chi connectivity index (χ2n) is 5.21. The van der Waals surface area contributed by atoms with Crippen LogP contribution < -0.4 is 0 Å². The number of hydroxylamine groups is 2. The van der Waals surface area contributed by atoms with Crippen molar-refractivity contribution in [3.63, 3.8) is 0 Å². The fraction of sp³-hybridized carbons (Fsp3) is 0.538. The monoisotopic (exact) mass is 239 g/mol. The maximum atomic E-state index is 5.94. The summed E-state index contributed by atoms with van der Waals surface area (Å²) in [4.78, 5) is 5.94. The van der Waals surface area contributed by atoms with Crippen molar-refractivity contribution >= 4 is 11.6 Å². The molecule has 0 aliphatic carbocycles. The van der Waals surface area contributed by atoms with Crippen molar-refractivity contribution in [2.75, 3.05) is 6.54 Å². The van der Waals surface area contributed by atoms with Crippen LogP contribution in [0.1, 0.15) is 38.9 Å². The number of hydrogen-bond donors (Lipinski definition) is 0. The first-order valence-corrected chi connectivity index (χ1v) is 6.04. The highest BCUT2D eigenvalue weighted by Gasteiger charge is 2.32. The van der Waals surface area contributed by atoms with Crippen LogP contribution in [-0.4, -0.2) is 17.1 Å². The number of benzene rings is 1. The van der Waals surface area contributed by atoms with Crippen LogP contribution in [0.25, 0.3) is 0 Å². The van der Waals surface area contributed by atoms with Crippen molar-refractivity contribution in [2.24, 2.45) is 0 Å². The molecule has 1 atom stereocenters. The van der Waals surface area contributed by atoms with Gasteiger partial charge in [-0.1, -0.05) is 23.7 Å². The molecule has 1 aromatic rings. The van der Waals surface area contributed by atoms with E-state index in [9.17, 15) is 0 Å². The zero-order valence-corrected chi connectivity index (χ0v) is 10.8. The molecule has 0 saturated carbocycles. The molecule has 0 aromatic heterocycles. The molecule has 1 saturated heterocycles. The minimum Gasteiger partial charge on any atom is -0.290 e. The number of nitrogens with zero attached hydrogens (tertiary/aromatic N) is 1. The molecular formula is C13H18ClNO. The molecule has 88 valence electrons. The molecule has 0 spiro atoms. The molecule has 3 heteroatoms. The number of hydrogen-bond acceptors (Lipinski definition) is 2. The molecule has 1 aliphatic heterocycles. The zero-order valence-electron chi connectivity index (χ0n) is 10.0. The lowest BCUT2D eigenvalue weighted by Crippen LogP contribution is -2.38. The van der Waals surface area contributed by atoms with Gasteiger partial charge < -0.3 is 0 Å². The van der Waals surface area contributed by atoms with Gasteiger partial charge in [-0.15, -0.1) is 0 Å². The maximum Gasteiger partial charge on any atom is 0.106 e. The Bertz CT molecular complexity index is 355. The molecule has 1 unspecified atom stereocenters. The Morgan fingerprint density at radius 3 is 2.38 bits per heavy atom. The van der Waals surface area contributed by atoms with E-state index in [2.05, 4.69) is 25.8 Å². The fourth-order valence-corrected chi connectivity index (χ4v) is 2.02. The van der Waals surface area contributed by atoms with Crippen LogP contribution in [0.15, 0.2) is 24.3 Å². The van der Waals surface area contributed by atoms with Gasteiger partial charge in [0.15, 0.2) is 0 Å². The van der Waals surface area contributed by atoms with Crippen LogP contribution >= 0.6 is 11.6 Å². The van der Waals surface area contributed by atoms with E-state index in [1.54, 1.807) is 0 Å². The minimum absolute atomic E-state index is 0.0706. The molecule has 2 nitrogen and oxygen atoms in total. The topological polar surface area (TPSA) is 12.5 Å². The third-order valence-electron chi connectivity index (χ3n) is 2.84. The van der Waals surface area contributed by atoms with Crippen molar-refractivity contribution in [3.8, 4) is 0 Å². The van der Waals surface area contributed by atoms with Gasteiger partial charge in [0, 0.05) is 17.1 Å². The van der Waals surface area contributed by atoms with Gasteiger partial charge in [0.1, 0.15) is 6.10 Å². The zero-order chi connectivity index (χ0) is 11.8. The number of halogens is 1. The second-order valence-corrected chi connectivity index (χ2v) is 5.64. The Morgan fingerprint density at radius 1 is 1.25 bits per heavy atom. The van der Waals surface area contributed by atoms with Crippen molar-refractivity contribution in [3.05, 3.63) is 34.9 Å². The lowest BCUT2D eigenvalue weighted by molar-refractivity contribution is -0.196. The molecule has 16 heavy (non-hydrogen) atoms. The Hall–Kier alpha value is -0.570. The highest BCUT2D eigenvalue weighted by atomic mass is 35.5. The van der Waals surface area contributed by atoms with E-state index in [-0.39, 0.29) is 11.6 Å². The van der Waals surface area contributed by atoms with E-state index >= 15 is 0 Å². The Morgan fingerprint density at radius 2 is 1.88 bits per heavy atom. The Kier molecular flexibility index (Phi) is 3.24. The van der Waals surface area contributed by atoms with Crippen LogP contribution in [0, 0.1) is 0 Å². The normalized spacial score (nSPS) is 22.6. The van der Waals surface area contributed by atoms with E-state index in [4.69, 9.17) is 16.4 Å².